The average molecular weight is 443 g/mol. The molecule has 3 aromatic rings. The van der Waals surface area contributed by atoms with Crippen LogP contribution in [0.15, 0.2) is 70.0 Å². The van der Waals surface area contributed by atoms with Gasteiger partial charge in [-0.05, 0) is 47.2 Å². The predicted molar refractivity (Wildman–Crippen MR) is 114 cm³/mol. The third-order valence-corrected chi connectivity index (χ3v) is 5.93. The molecular weight excluding hydrogens is 424 g/mol. The van der Waals surface area contributed by atoms with Gasteiger partial charge in [0.2, 0.25) is 5.16 Å². The molecular formula is C20H19ClN6O2S. The Morgan fingerprint density at radius 1 is 1.40 bits per heavy atom. The summed E-state index contributed by atoms with van der Waals surface area (Å²) in [6, 6.07) is 10.8. The molecule has 2 unspecified atom stereocenters. The van der Waals surface area contributed by atoms with Crippen molar-refractivity contribution in [2.24, 2.45) is 5.10 Å². The zero-order valence-corrected chi connectivity index (χ0v) is 17.8. The van der Waals surface area contributed by atoms with Gasteiger partial charge in [-0.2, -0.15) is 5.10 Å². The van der Waals surface area contributed by atoms with Gasteiger partial charge in [0, 0.05) is 11.4 Å². The van der Waals surface area contributed by atoms with Gasteiger partial charge in [0.05, 0.1) is 23.8 Å². The molecule has 2 aromatic heterocycles. The summed E-state index contributed by atoms with van der Waals surface area (Å²) >= 11 is 7.29. The molecule has 0 fully saturated rings. The summed E-state index contributed by atoms with van der Waals surface area (Å²) in [7, 11) is 0. The molecule has 0 N–H and O–H groups in total. The number of carbonyl (C=O) groups is 1. The number of halogens is 1. The van der Waals surface area contributed by atoms with Crippen LogP contribution in [0.2, 0.25) is 5.02 Å². The van der Waals surface area contributed by atoms with Crippen LogP contribution in [0.1, 0.15) is 30.7 Å². The summed E-state index contributed by atoms with van der Waals surface area (Å²) in [6.45, 7) is 5.98. The molecule has 0 spiro atoms. The van der Waals surface area contributed by atoms with Crippen LogP contribution in [0.5, 0.6) is 0 Å². The van der Waals surface area contributed by atoms with E-state index in [1.807, 2.05) is 37.3 Å². The number of benzene rings is 1. The van der Waals surface area contributed by atoms with E-state index in [0.29, 0.717) is 28.9 Å². The van der Waals surface area contributed by atoms with Gasteiger partial charge >= 0.3 is 0 Å². The number of hydrogen-bond acceptors (Lipinski definition) is 7. The fourth-order valence-electron chi connectivity index (χ4n) is 3.15. The maximum Gasteiger partial charge on any atom is 0.256 e. The lowest BCUT2D eigenvalue weighted by Gasteiger charge is -2.22. The Bertz CT molecular complexity index is 1060. The maximum atomic E-state index is 13.3. The number of carbonyl (C=O) groups excluding carboxylic acids is 1. The summed E-state index contributed by atoms with van der Waals surface area (Å²) < 4.78 is 7.19. The molecule has 0 bridgehead atoms. The second-order valence-corrected chi connectivity index (χ2v) is 8.41. The Balaban J connectivity index is 1.59. The van der Waals surface area contributed by atoms with E-state index < -0.39 is 5.25 Å². The number of tetrazole rings is 1. The van der Waals surface area contributed by atoms with Gasteiger partial charge in [-0.3, -0.25) is 4.79 Å². The number of thioether (sulfide) groups is 1. The minimum Gasteiger partial charge on any atom is -0.467 e. The minimum atomic E-state index is -0.453. The van der Waals surface area contributed by atoms with Crippen molar-refractivity contribution in [3.05, 3.63) is 71.7 Å². The molecule has 0 radical (unpaired) electrons. The van der Waals surface area contributed by atoms with Gasteiger partial charge in [-0.15, -0.1) is 11.7 Å². The molecule has 8 nitrogen and oxygen atoms in total. The third kappa shape index (κ3) is 4.17. The van der Waals surface area contributed by atoms with Gasteiger partial charge in [-0.25, -0.2) is 9.69 Å². The minimum absolute atomic E-state index is 0.154. The lowest BCUT2D eigenvalue weighted by molar-refractivity contribution is -0.132. The molecule has 4 rings (SSSR count). The Labute approximate surface area is 182 Å². The molecule has 1 aliphatic heterocycles. The number of nitrogens with zero attached hydrogens (tertiary/aromatic N) is 6. The van der Waals surface area contributed by atoms with Gasteiger partial charge in [0.25, 0.3) is 5.91 Å². The smallest absolute Gasteiger partial charge is 0.256 e. The van der Waals surface area contributed by atoms with Crippen LogP contribution in [-0.4, -0.2) is 42.1 Å². The molecule has 1 aromatic carbocycles. The SMILES string of the molecule is C=CCn1nnnc1SC(C)C(=O)N1N=C(c2ccc(Cl)cc2)CC1c1ccco1. The Kier molecular flexibility index (Phi) is 6.01. The van der Waals surface area contributed by atoms with E-state index in [9.17, 15) is 4.79 Å². The van der Waals surface area contributed by atoms with Crippen LogP contribution >= 0.6 is 23.4 Å². The monoisotopic (exact) mass is 442 g/mol. The van der Waals surface area contributed by atoms with E-state index in [2.05, 4.69) is 27.2 Å². The molecule has 0 aliphatic carbocycles. The largest absolute Gasteiger partial charge is 0.467 e. The van der Waals surface area contributed by atoms with Crippen molar-refractivity contribution in [2.75, 3.05) is 0 Å². The predicted octanol–water partition coefficient (Wildman–Crippen LogP) is 3.96. The molecule has 30 heavy (non-hydrogen) atoms. The first-order valence-electron chi connectivity index (χ1n) is 9.30. The number of hydrogen-bond donors (Lipinski definition) is 0. The molecule has 3 heterocycles. The van der Waals surface area contributed by atoms with Gasteiger partial charge in [-0.1, -0.05) is 41.6 Å². The lowest BCUT2D eigenvalue weighted by Crippen LogP contribution is -2.33. The van der Waals surface area contributed by atoms with Gasteiger partial charge in [0.1, 0.15) is 11.8 Å². The van der Waals surface area contributed by atoms with Crippen LogP contribution in [0.4, 0.5) is 0 Å². The highest BCUT2D eigenvalue weighted by atomic mass is 35.5. The van der Waals surface area contributed by atoms with E-state index in [4.69, 9.17) is 16.0 Å². The first-order chi connectivity index (χ1) is 14.6. The number of allylic oxidation sites excluding steroid dienone is 1. The summed E-state index contributed by atoms with van der Waals surface area (Å²) in [5.41, 5.74) is 1.72. The third-order valence-electron chi connectivity index (χ3n) is 4.62. The zero-order valence-electron chi connectivity index (χ0n) is 16.2. The molecule has 1 amide bonds. The number of hydrazone groups is 1. The first kappa shape index (κ1) is 20.4. The second-order valence-electron chi connectivity index (χ2n) is 6.66. The van der Waals surface area contributed by atoms with Crippen molar-refractivity contribution < 1.29 is 9.21 Å². The first-order valence-corrected chi connectivity index (χ1v) is 10.6. The number of aromatic nitrogens is 4. The van der Waals surface area contributed by atoms with Crippen molar-refractivity contribution in [1.82, 2.24) is 25.2 Å². The van der Waals surface area contributed by atoms with Crippen molar-refractivity contribution in [3.63, 3.8) is 0 Å². The van der Waals surface area contributed by atoms with Crippen LogP contribution < -0.4 is 0 Å². The van der Waals surface area contributed by atoms with Crippen molar-refractivity contribution in [2.45, 2.75) is 36.3 Å². The van der Waals surface area contributed by atoms with Crippen LogP contribution in [-0.2, 0) is 11.3 Å². The number of rotatable bonds is 7. The summed E-state index contributed by atoms with van der Waals surface area (Å²) in [5, 5.41) is 18.5. The quantitative estimate of drug-likeness (QED) is 0.406. The van der Waals surface area contributed by atoms with Crippen LogP contribution in [0.3, 0.4) is 0 Å². The molecule has 0 saturated carbocycles. The summed E-state index contributed by atoms with van der Waals surface area (Å²) in [4.78, 5) is 13.3. The number of amides is 1. The van der Waals surface area contributed by atoms with E-state index >= 15 is 0 Å². The van der Waals surface area contributed by atoms with Crippen molar-refractivity contribution in [1.29, 1.82) is 0 Å². The van der Waals surface area contributed by atoms with Crippen LogP contribution in [0.25, 0.3) is 0 Å². The lowest BCUT2D eigenvalue weighted by atomic mass is 10.0. The topological polar surface area (TPSA) is 89.4 Å². The van der Waals surface area contributed by atoms with E-state index in [1.165, 1.54) is 16.8 Å². The highest BCUT2D eigenvalue weighted by Gasteiger charge is 2.37. The highest BCUT2D eigenvalue weighted by Crippen LogP contribution is 2.35. The van der Waals surface area contributed by atoms with Gasteiger partial charge < -0.3 is 4.42 Å². The van der Waals surface area contributed by atoms with E-state index in [1.54, 1.807) is 23.1 Å². The number of furan rings is 1. The van der Waals surface area contributed by atoms with Crippen LogP contribution in [0, 0.1) is 0 Å². The Hall–Kier alpha value is -2.91. The molecule has 2 atom stereocenters. The fourth-order valence-corrected chi connectivity index (χ4v) is 4.11. The Morgan fingerprint density at radius 3 is 2.90 bits per heavy atom. The Morgan fingerprint density at radius 2 is 2.20 bits per heavy atom. The zero-order chi connectivity index (χ0) is 21.1. The van der Waals surface area contributed by atoms with Gasteiger partial charge in [0.15, 0.2) is 0 Å². The van der Waals surface area contributed by atoms with E-state index in [0.717, 1.165) is 11.3 Å². The van der Waals surface area contributed by atoms with Crippen molar-refractivity contribution in [3.8, 4) is 0 Å². The maximum absolute atomic E-state index is 13.3. The summed E-state index contributed by atoms with van der Waals surface area (Å²) in [5.74, 6) is 0.531. The van der Waals surface area contributed by atoms with E-state index in [-0.39, 0.29) is 11.9 Å². The summed E-state index contributed by atoms with van der Waals surface area (Å²) in [6.07, 6.45) is 3.84. The second kappa shape index (κ2) is 8.85. The molecule has 154 valence electrons. The molecule has 1 aliphatic rings. The molecule has 10 heteroatoms. The molecule has 0 saturated heterocycles. The normalized spacial score (nSPS) is 17.1. The highest BCUT2D eigenvalue weighted by molar-refractivity contribution is 8.00. The standard InChI is InChI=1S/C20H19ClN6O2S/c1-3-10-26-20(22-24-25-26)30-13(2)19(28)27-17(18-5-4-11-29-18)12-16(23-27)14-6-8-15(21)9-7-14/h3-9,11,13,17H,1,10,12H2,2H3. The van der Waals surface area contributed by atoms with Crippen molar-refractivity contribution >= 4 is 35.0 Å². The fraction of sp³-hybridized carbons (Fsp3) is 0.250. The average Bonchev–Trinajstić information content (AvgIpc) is 3.49.